The molecule has 0 aromatic carbocycles. The average Bonchev–Trinajstić information content (AvgIpc) is 2.34. The zero-order valence-corrected chi connectivity index (χ0v) is 19.6. The third kappa shape index (κ3) is 8.23. The molecule has 0 saturated carbocycles. The van der Waals surface area contributed by atoms with Gasteiger partial charge in [0, 0.05) is 0 Å². The van der Waals surface area contributed by atoms with Crippen LogP contribution in [-0.4, -0.2) is 90.0 Å². The summed E-state index contributed by atoms with van der Waals surface area (Å²) in [5.41, 5.74) is 0. The molecule has 0 aliphatic carbocycles. The molecule has 0 aliphatic rings. The Hall–Kier alpha value is -1.04. The fourth-order valence-corrected chi connectivity index (χ4v) is 15.8. The van der Waals surface area contributed by atoms with Gasteiger partial charge in [-0.25, -0.2) is 33.7 Å². The molecule has 24 heteroatoms. The maximum Gasteiger partial charge on any atom is 0.402 e. The lowest BCUT2D eigenvalue weighted by Gasteiger charge is -2.37. The Morgan fingerprint density at radius 3 is 0.829 bits per heavy atom. The van der Waals surface area contributed by atoms with Crippen molar-refractivity contribution in [2.75, 3.05) is 23.0 Å². The van der Waals surface area contributed by atoms with Crippen LogP contribution in [0.1, 0.15) is 6.92 Å². The summed E-state index contributed by atoms with van der Waals surface area (Å²) in [5.74, 6) is -14.9. The number of sulfone groups is 4. The number of hydrogen-bond donors (Lipinski definition) is 0. The highest BCUT2D eigenvalue weighted by Crippen LogP contribution is 2.45. The number of hydrogen-bond acceptors (Lipinski definition) is 8. The Labute approximate surface area is 189 Å². The van der Waals surface area contributed by atoms with E-state index >= 15 is 0 Å². The Balaban J connectivity index is 8.17. The SMILES string of the molecule is CC(C(S(=O)(=O)CC(F)(F)F)(S(=O)(=O)CC(F)(F)F)S(=O)(=O)CC(F)(F)F)S(=O)(=O)CC(F)(F)F. The second-order valence-electron chi connectivity index (χ2n) is 6.79. The molecule has 35 heavy (non-hydrogen) atoms. The minimum atomic E-state index is -7.59. The fourth-order valence-electron chi connectivity index (χ4n) is 2.86. The number of halogens is 12. The first-order chi connectivity index (χ1) is 14.7. The summed E-state index contributed by atoms with van der Waals surface area (Å²) in [5, 5.41) is -4.45. The molecular formula is C11H12F12O8S4. The van der Waals surface area contributed by atoms with Crippen molar-refractivity contribution < 1.29 is 86.4 Å². The molecule has 0 aromatic heterocycles. The molecule has 0 aliphatic heterocycles. The first kappa shape index (κ1) is 34.0. The Morgan fingerprint density at radius 1 is 0.457 bits per heavy atom. The molecule has 1 unspecified atom stereocenters. The Morgan fingerprint density at radius 2 is 0.657 bits per heavy atom. The third-order valence-electron chi connectivity index (χ3n) is 3.76. The Bertz CT molecular complexity index is 1090. The van der Waals surface area contributed by atoms with E-state index in [0.29, 0.717) is 0 Å². The van der Waals surface area contributed by atoms with E-state index < -0.39 is 103 Å². The van der Waals surface area contributed by atoms with Crippen LogP contribution in [0, 0.1) is 0 Å². The van der Waals surface area contributed by atoms with E-state index in [1.807, 2.05) is 0 Å². The maximum atomic E-state index is 12.8. The van der Waals surface area contributed by atoms with Crippen molar-refractivity contribution in [3.05, 3.63) is 0 Å². The van der Waals surface area contributed by atoms with Crippen LogP contribution in [0.15, 0.2) is 0 Å². The lowest BCUT2D eigenvalue weighted by molar-refractivity contribution is -0.108. The molecule has 0 heterocycles. The van der Waals surface area contributed by atoms with E-state index in [0.717, 1.165) is 0 Å². The molecule has 0 amide bonds. The second kappa shape index (κ2) is 9.36. The van der Waals surface area contributed by atoms with Crippen LogP contribution in [0.5, 0.6) is 0 Å². The minimum absolute atomic E-state index is 0.670. The van der Waals surface area contributed by atoms with Gasteiger partial charge in [0.1, 0.15) is 28.3 Å². The zero-order chi connectivity index (χ0) is 28.9. The lowest BCUT2D eigenvalue weighted by Crippen LogP contribution is -2.66. The van der Waals surface area contributed by atoms with Crippen LogP contribution in [0.25, 0.3) is 0 Å². The maximum absolute atomic E-state index is 12.8. The topological polar surface area (TPSA) is 137 Å². The van der Waals surface area contributed by atoms with E-state index in [2.05, 4.69) is 0 Å². The van der Waals surface area contributed by atoms with Gasteiger partial charge in [0.05, 0.1) is 0 Å². The van der Waals surface area contributed by atoms with Gasteiger partial charge in [0.2, 0.25) is 0 Å². The summed E-state index contributed by atoms with van der Waals surface area (Å²) < 4.78 is 246. The van der Waals surface area contributed by atoms with Gasteiger partial charge < -0.3 is 0 Å². The first-order valence-electron chi connectivity index (χ1n) is 7.88. The molecule has 0 fully saturated rings. The van der Waals surface area contributed by atoms with Crippen LogP contribution < -0.4 is 0 Å². The second-order valence-corrected chi connectivity index (χ2v) is 16.4. The predicted octanol–water partition coefficient (Wildman–Crippen LogP) is 1.94. The van der Waals surface area contributed by atoms with Crippen molar-refractivity contribution in [3.8, 4) is 0 Å². The van der Waals surface area contributed by atoms with Gasteiger partial charge in [-0.3, -0.25) is 0 Å². The van der Waals surface area contributed by atoms with Gasteiger partial charge in [0.15, 0.2) is 39.3 Å². The van der Waals surface area contributed by atoms with E-state index in [-0.39, 0.29) is 0 Å². The molecule has 1 atom stereocenters. The quantitative estimate of drug-likeness (QED) is 0.354. The van der Waals surface area contributed by atoms with Crippen LogP contribution in [-0.2, 0) is 39.3 Å². The van der Waals surface area contributed by atoms with Crippen molar-refractivity contribution in [1.82, 2.24) is 0 Å². The van der Waals surface area contributed by atoms with Crippen LogP contribution >= 0.6 is 0 Å². The summed E-state index contributed by atoms with van der Waals surface area (Å²) in [6, 6.07) is 0. The van der Waals surface area contributed by atoms with Crippen molar-refractivity contribution in [2.24, 2.45) is 0 Å². The van der Waals surface area contributed by atoms with Gasteiger partial charge in [-0.2, -0.15) is 52.7 Å². The molecule has 0 spiro atoms. The average molecular weight is 628 g/mol. The summed E-state index contributed by atoms with van der Waals surface area (Å²) in [4.78, 5) is 0. The van der Waals surface area contributed by atoms with E-state index in [4.69, 9.17) is 0 Å². The molecule has 8 nitrogen and oxygen atoms in total. The highest BCUT2D eigenvalue weighted by Gasteiger charge is 2.74. The summed E-state index contributed by atoms with van der Waals surface area (Å²) >= 11 is 0. The third-order valence-corrected chi connectivity index (χ3v) is 16.7. The van der Waals surface area contributed by atoms with E-state index in [9.17, 15) is 86.4 Å². The van der Waals surface area contributed by atoms with Crippen molar-refractivity contribution in [2.45, 2.75) is 40.3 Å². The van der Waals surface area contributed by atoms with Crippen molar-refractivity contribution in [1.29, 1.82) is 0 Å². The molecule has 0 saturated heterocycles. The molecule has 0 aromatic rings. The van der Waals surface area contributed by atoms with Gasteiger partial charge in [0.25, 0.3) is 3.41 Å². The highest BCUT2D eigenvalue weighted by atomic mass is 32.3. The summed E-state index contributed by atoms with van der Waals surface area (Å²) in [6.07, 6.45) is -25.0. The van der Waals surface area contributed by atoms with Crippen molar-refractivity contribution in [3.63, 3.8) is 0 Å². The summed E-state index contributed by atoms with van der Waals surface area (Å²) in [7, 11) is -29.5. The van der Waals surface area contributed by atoms with Crippen molar-refractivity contribution >= 4 is 39.3 Å². The molecule has 0 rings (SSSR count). The van der Waals surface area contributed by atoms with Crippen LogP contribution in [0.4, 0.5) is 52.7 Å². The van der Waals surface area contributed by atoms with Crippen LogP contribution in [0.2, 0.25) is 0 Å². The molecule has 212 valence electrons. The highest BCUT2D eigenvalue weighted by molar-refractivity contribution is 8.26. The van der Waals surface area contributed by atoms with E-state index in [1.54, 1.807) is 0 Å². The standard InChI is InChI=1S/C11H12F12O8S4/c1-6(32(24,25)2-7(12,13)14)11(33(26,27)3-8(15,16)17,34(28,29)4-9(18,19)20)35(30,31)5-10(21,22)23/h6H,2-5H2,1H3. The molecule has 0 bridgehead atoms. The predicted molar refractivity (Wildman–Crippen MR) is 91.6 cm³/mol. The molecular weight excluding hydrogens is 616 g/mol. The molecule has 0 N–H and O–H groups in total. The molecule has 0 radical (unpaired) electrons. The lowest BCUT2D eigenvalue weighted by atomic mass is 10.5. The normalized spacial score (nSPS) is 16.8. The smallest absolute Gasteiger partial charge is 0.228 e. The zero-order valence-electron chi connectivity index (χ0n) is 16.3. The number of alkyl halides is 12. The van der Waals surface area contributed by atoms with Crippen LogP contribution in [0.3, 0.4) is 0 Å². The van der Waals surface area contributed by atoms with Gasteiger partial charge >= 0.3 is 24.7 Å². The largest absolute Gasteiger partial charge is 0.402 e. The van der Waals surface area contributed by atoms with Gasteiger partial charge in [-0.15, -0.1) is 0 Å². The monoisotopic (exact) mass is 628 g/mol. The summed E-state index contributed by atoms with van der Waals surface area (Å²) in [6.45, 7) is -0.670. The first-order valence-corrected chi connectivity index (χ1v) is 14.6. The fraction of sp³-hybridized carbons (Fsp3) is 1.00. The minimum Gasteiger partial charge on any atom is -0.228 e. The van der Waals surface area contributed by atoms with E-state index in [1.165, 1.54) is 0 Å². The van der Waals surface area contributed by atoms with Gasteiger partial charge in [-0.1, -0.05) is 0 Å². The van der Waals surface area contributed by atoms with Gasteiger partial charge in [-0.05, 0) is 6.92 Å². The Kier molecular flexibility index (Phi) is 9.09. The number of rotatable bonds is 9.